The third-order valence-corrected chi connectivity index (χ3v) is 4.07. The molecule has 7 heteroatoms. The summed E-state index contributed by atoms with van der Waals surface area (Å²) in [5.41, 5.74) is 3.57. The second-order valence-electron chi connectivity index (χ2n) is 6.97. The Morgan fingerprint density at radius 2 is 1.69 bits per heavy atom. The predicted molar refractivity (Wildman–Crippen MR) is 149 cm³/mol. The summed E-state index contributed by atoms with van der Waals surface area (Å²) in [6.45, 7) is 17.7. The van der Waals surface area contributed by atoms with Crippen LogP contribution in [0.1, 0.15) is 72.6 Å². The molecule has 1 aromatic heterocycles. The van der Waals surface area contributed by atoms with Crippen LogP contribution in [0.5, 0.6) is 0 Å². The Labute approximate surface area is 210 Å². The summed E-state index contributed by atoms with van der Waals surface area (Å²) < 4.78 is 31.3. The molecule has 0 radical (unpaired) electrons. The minimum Gasteiger partial charge on any atom is -0.494 e. The highest BCUT2D eigenvalue weighted by molar-refractivity contribution is 6.10. The SMILES string of the molecule is C=NC(=C\C=C(/C)OC/C(C)=C(/C=NC)c1ccc(C(F)F)cn1)/C(C=NC)=C/C.CC.CCC. The molecule has 1 rings (SSSR count). The molecule has 0 fully saturated rings. The number of aliphatic imine (C=N–C) groups is 3. The van der Waals surface area contributed by atoms with E-state index in [1.165, 1.54) is 18.7 Å². The number of pyridine rings is 1. The van der Waals surface area contributed by atoms with Crippen molar-refractivity contribution in [2.24, 2.45) is 15.0 Å². The van der Waals surface area contributed by atoms with Crippen molar-refractivity contribution in [3.63, 3.8) is 0 Å². The first kappa shape index (κ1) is 34.0. The zero-order valence-electron chi connectivity index (χ0n) is 22.8. The van der Waals surface area contributed by atoms with Gasteiger partial charge in [0, 0.05) is 49.4 Å². The Hall–Kier alpha value is -3.22. The fourth-order valence-corrected chi connectivity index (χ4v) is 2.43. The van der Waals surface area contributed by atoms with Crippen LogP contribution in [-0.4, -0.2) is 44.8 Å². The molecule has 0 N–H and O–H groups in total. The lowest BCUT2D eigenvalue weighted by molar-refractivity contribution is 0.151. The van der Waals surface area contributed by atoms with E-state index in [1.807, 2.05) is 40.7 Å². The smallest absolute Gasteiger partial charge is 0.265 e. The van der Waals surface area contributed by atoms with Gasteiger partial charge < -0.3 is 4.74 Å². The molecule has 194 valence electrons. The van der Waals surface area contributed by atoms with Crippen LogP contribution in [0, 0.1) is 0 Å². The van der Waals surface area contributed by atoms with Crippen molar-refractivity contribution in [2.45, 2.75) is 61.3 Å². The first-order valence-electron chi connectivity index (χ1n) is 11.7. The van der Waals surface area contributed by atoms with Crippen molar-refractivity contribution >= 4 is 24.7 Å². The molecule has 0 aliphatic carbocycles. The van der Waals surface area contributed by atoms with Crippen LogP contribution < -0.4 is 0 Å². The highest BCUT2D eigenvalue weighted by Crippen LogP contribution is 2.21. The number of rotatable bonds is 10. The van der Waals surface area contributed by atoms with Crippen LogP contribution in [0.25, 0.3) is 5.57 Å². The molecule has 0 aliphatic rings. The maximum atomic E-state index is 12.8. The zero-order valence-corrected chi connectivity index (χ0v) is 22.8. The summed E-state index contributed by atoms with van der Waals surface area (Å²) in [6.07, 6.45) is 8.73. The Bertz CT molecular complexity index is 909. The van der Waals surface area contributed by atoms with Crippen molar-refractivity contribution in [3.05, 3.63) is 70.4 Å². The number of alkyl halides is 2. The van der Waals surface area contributed by atoms with E-state index in [2.05, 4.69) is 40.5 Å². The van der Waals surface area contributed by atoms with E-state index in [4.69, 9.17) is 4.74 Å². The third-order valence-electron chi connectivity index (χ3n) is 4.07. The van der Waals surface area contributed by atoms with E-state index in [1.54, 1.807) is 44.7 Å². The zero-order chi connectivity index (χ0) is 27.2. The Morgan fingerprint density at radius 1 is 1.09 bits per heavy atom. The van der Waals surface area contributed by atoms with Gasteiger partial charge in [0.1, 0.15) is 6.61 Å². The van der Waals surface area contributed by atoms with Crippen LogP contribution >= 0.6 is 0 Å². The van der Waals surface area contributed by atoms with E-state index < -0.39 is 6.43 Å². The van der Waals surface area contributed by atoms with Gasteiger partial charge in [-0.3, -0.25) is 20.0 Å². The van der Waals surface area contributed by atoms with Gasteiger partial charge in [-0.05, 0) is 57.3 Å². The molecule has 0 unspecified atom stereocenters. The van der Waals surface area contributed by atoms with Crippen LogP contribution in [-0.2, 0) is 4.74 Å². The number of nitrogens with zero attached hydrogens (tertiary/aromatic N) is 4. The number of halogens is 2. The summed E-state index contributed by atoms with van der Waals surface area (Å²) in [6, 6.07) is 2.92. The van der Waals surface area contributed by atoms with Crippen LogP contribution in [0.15, 0.2) is 74.1 Å². The number of ether oxygens (including phenoxy) is 1. The lowest BCUT2D eigenvalue weighted by Crippen LogP contribution is -2.01. The minimum atomic E-state index is -2.55. The largest absolute Gasteiger partial charge is 0.494 e. The molecular weight excluding hydrogens is 446 g/mol. The van der Waals surface area contributed by atoms with Gasteiger partial charge in [0.15, 0.2) is 0 Å². The van der Waals surface area contributed by atoms with Crippen LogP contribution in [0.3, 0.4) is 0 Å². The maximum absolute atomic E-state index is 12.8. The molecule has 1 aromatic rings. The highest BCUT2D eigenvalue weighted by atomic mass is 19.3. The summed E-state index contributed by atoms with van der Waals surface area (Å²) in [5.74, 6) is 0.674. The third kappa shape index (κ3) is 13.9. The standard InChI is InChI=1S/C23H28F2N4O.C3H8.C2H6/c1-7-18(12-26-4)21(28-6)10-8-17(3)30-15-16(2)20(14-27-5)22-11-9-19(13-29-22)23(24)25;1-3-2;1-2/h7-14,23H,6,15H2,1-5H3;3H2,1-2H3;1-2H3/b17-8+,18-7+,20-16-,21-10-,26-12?,27-14?;;. The molecule has 0 saturated heterocycles. The lowest BCUT2D eigenvalue weighted by Gasteiger charge is -2.11. The minimum absolute atomic E-state index is 0.119. The van der Waals surface area contributed by atoms with E-state index in [-0.39, 0.29) is 5.56 Å². The van der Waals surface area contributed by atoms with Gasteiger partial charge in [-0.25, -0.2) is 8.78 Å². The summed E-state index contributed by atoms with van der Waals surface area (Å²) in [7, 11) is 3.33. The van der Waals surface area contributed by atoms with E-state index in [0.717, 1.165) is 16.7 Å². The molecule has 35 heavy (non-hydrogen) atoms. The van der Waals surface area contributed by atoms with Gasteiger partial charge >= 0.3 is 0 Å². The van der Waals surface area contributed by atoms with E-state index in [9.17, 15) is 8.78 Å². The lowest BCUT2D eigenvalue weighted by atomic mass is 10.1. The fraction of sp³-hybridized carbons (Fsp3) is 0.429. The first-order chi connectivity index (χ1) is 16.8. The molecule has 0 aliphatic heterocycles. The van der Waals surface area contributed by atoms with E-state index in [0.29, 0.717) is 23.8 Å². The summed E-state index contributed by atoms with van der Waals surface area (Å²) >= 11 is 0. The van der Waals surface area contributed by atoms with Gasteiger partial charge in [-0.1, -0.05) is 40.2 Å². The number of hydrogen-bond acceptors (Lipinski definition) is 5. The van der Waals surface area contributed by atoms with Crippen molar-refractivity contribution in [1.82, 2.24) is 4.98 Å². The quantitative estimate of drug-likeness (QED) is 0.190. The maximum Gasteiger partial charge on any atom is 0.265 e. The van der Waals surface area contributed by atoms with Gasteiger partial charge in [0.25, 0.3) is 6.43 Å². The molecule has 0 aromatic carbocycles. The van der Waals surface area contributed by atoms with Crippen molar-refractivity contribution in [1.29, 1.82) is 0 Å². The number of aromatic nitrogens is 1. The van der Waals surface area contributed by atoms with Crippen LogP contribution in [0.2, 0.25) is 0 Å². The highest BCUT2D eigenvalue weighted by Gasteiger charge is 2.10. The van der Waals surface area contributed by atoms with E-state index >= 15 is 0 Å². The Morgan fingerprint density at radius 3 is 2.11 bits per heavy atom. The van der Waals surface area contributed by atoms with Crippen molar-refractivity contribution in [2.75, 3.05) is 20.7 Å². The fourth-order valence-electron chi connectivity index (χ4n) is 2.43. The second kappa shape index (κ2) is 21.3. The normalized spacial score (nSPS) is 13.2. The van der Waals surface area contributed by atoms with Gasteiger partial charge in [0.2, 0.25) is 0 Å². The number of hydrogen-bond donors (Lipinski definition) is 0. The first-order valence-corrected chi connectivity index (χ1v) is 11.7. The average molecular weight is 489 g/mol. The molecule has 0 bridgehead atoms. The Balaban J connectivity index is 0. The van der Waals surface area contributed by atoms with Gasteiger partial charge in [-0.15, -0.1) is 0 Å². The second-order valence-corrected chi connectivity index (χ2v) is 6.97. The molecule has 1 heterocycles. The molecule has 0 saturated carbocycles. The van der Waals surface area contributed by atoms with Crippen molar-refractivity contribution < 1.29 is 13.5 Å². The molecule has 5 nitrogen and oxygen atoms in total. The van der Waals surface area contributed by atoms with Gasteiger partial charge in [0.05, 0.1) is 17.2 Å². The number of allylic oxidation sites excluding steroid dienone is 6. The summed E-state index contributed by atoms with van der Waals surface area (Å²) in [5, 5.41) is 0. The van der Waals surface area contributed by atoms with Gasteiger partial charge in [-0.2, -0.15) is 0 Å². The Kier molecular flexibility index (Phi) is 20.7. The molecule has 0 atom stereocenters. The summed E-state index contributed by atoms with van der Waals surface area (Å²) in [4.78, 5) is 16.2. The topological polar surface area (TPSA) is 59.2 Å². The molecular formula is C28H42F2N4O. The predicted octanol–water partition coefficient (Wildman–Crippen LogP) is 8.09. The average Bonchev–Trinajstić information content (AvgIpc) is 2.87. The monoisotopic (exact) mass is 488 g/mol. The van der Waals surface area contributed by atoms with Crippen LogP contribution in [0.4, 0.5) is 8.78 Å². The molecule has 0 amide bonds. The molecule has 0 spiro atoms. The van der Waals surface area contributed by atoms with Crippen molar-refractivity contribution in [3.8, 4) is 0 Å².